The summed E-state index contributed by atoms with van der Waals surface area (Å²) in [6, 6.07) is 10.4. The van der Waals surface area contributed by atoms with Gasteiger partial charge in [-0.1, -0.05) is 24.8 Å². The fraction of sp³-hybridized carbons (Fsp3) is 0.429. The Hall–Kier alpha value is -5.20. The summed E-state index contributed by atoms with van der Waals surface area (Å²) < 4.78 is 16.3. The third-order valence-corrected chi connectivity index (χ3v) is 7.89. The van der Waals surface area contributed by atoms with Crippen LogP contribution >= 0.6 is 0 Å². The van der Waals surface area contributed by atoms with E-state index in [0.717, 1.165) is 11.6 Å². The number of Topliss-reactive ketones (excluding diaryl/α,β-unsaturated/α-hetero) is 1. The van der Waals surface area contributed by atoms with E-state index in [1.165, 1.54) is 31.9 Å². The summed E-state index contributed by atoms with van der Waals surface area (Å²) in [5.74, 6) is -4.50. The fourth-order valence-electron chi connectivity index (χ4n) is 5.16. The molecule has 2 amide bonds. The molecule has 2 aromatic rings. The number of hydrogen-bond donors (Lipinski definition) is 3. The van der Waals surface area contributed by atoms with Crippen molar-refractivity contribution in [2.24, 2.45) is 5.41 Å². The number of carboxylic acid groups (broad SMARTS) is 1. The van der Waals surface area contributed by atoms with Gasteiger partial charge in [0.25, 0.3) is 5.91 Å². The molecule has 13 heteroatoms. The number of phenolic OH excluding ortho intramolecular Hbond substituents is 1. The van der Waals surface area contributed by atoms with Crippen LogP contribution < -0.4 is 10.1 Å². The van der Waals surface area contributed by atoms with Crippen LogP contribution in [0.15, 0.2) is 55.1 Å². The van der Waals surface area contributed by atoms with Crippen LogP contribution in [0.25, 0.3) is 0 Å². The van der Waals surface area contributed by atoms with Crippen molar-refractivity contribution in [3.05, 3.63) is 66.2 Å². The molecule has 0 saturated carbocycles. The molecule has 0 aromatic heterocycles. The number of likely N-dealkylation sites (tertiary alicyclic amines) is 1. The number of esters is 2. The molecule has 0 spiro atoms. The highest BCUT2D eigenvalue weighted by molar-refractivity contribution is 6.38. The number of ketones is 1. The summed E-state index contributed by atoms with van der Waals surface area (Å²) in [7, 11) is 1.43. The van der Waals surface area contributed by atoms with E-state index in [9.17, 15) is 33.9 Å². The molecule has 0 bridgehead atoms. The van der Waals surface area contributed by atoms with E-state index in [2.05, 4.69) is 11.9 Å². The van der Waals surface area contributed by atoms with Gasteiger partial charge in [0, 0.05) is 24.7 Å². The largest absolute Gasteiger partial charge is 0.504 e. The molecule has 1 aliphatic heterocycles. The zero-order chi connectivity index (χ0) is 35.4. The minimum Gasteiger partial charge on any atom is -0.504 e. The van der Waals surface area contributed by atoms with Gasteiger partial charge in [0.2, 0.25) is 11.7 Å². The standard InChI is InChI=1S/C35H42N2O11/c1-5-31(42)47-21-35(2,3)32(43)33(44)37-18-7-6-11-25(37)34(45)48-27(15-13-22-12-14-26(38)28(19-22)46-4)23-9-8-10-24(20-23)36-29(39)16-17-30(40)41/h5,8-10,12,14,19-20,25,27,38H,1,6-7,11,13,15-18,21H2,2-4H3,(H,36,39)(H,40,41)/t25-,27+/m0/s1. The number of aromatic hydroxyl groups is 1. The molecule has 258 valence electrons. The number of carbonyl (C=O) groups excluding carboxylic acids is 5. The number of methoxy groups -OCH3 is 1. The SMILES string of the molecule is C=CC(=O)OCC(C)(C)C(=O)C(=O)N1CCCC[C@H]1C(=O)O[C@H](CCc1ccc(O)c(OC)c1)c1cccc(NC(=O)CCC(=O)O)c1. The van der Waals surface area contributed by atoms with E-state index in [-0.39, 0.29) is 50.3 Å². The lowest BCUT2D eigenvalue weighted by molar-refractivity contribution is -0.165. The summed E-state index contributed by atoms with van der Waals surface area (Å²) in [5, 5.41) is 21.6. The Morgan fingerprint density at radius 1 is 1.08 bits per heavy atom. The Balaban J connectivity index is 1.85. The van der Waals surface area contributed by atoms with Gasteiger partial charge in [0.15, 0.2) is 11.5 Å². The smallest absolute Gasteiger partial charge is 0.330 e. The molecular weight excluding hydrogens is 624 g/mol. The molecule has 0 radical (unpaired) electrons. The molecule has 48 heavy (non-hydrogen) atoms. The molecule has 2 aromatic carbocycles. The maximum atomic E-state index is 13.8. The molecule has 1 fully saturated rings. The molecule has 3 N–H and O–H groups in total. The number of carbonyl (C=O) groups is 6. The highest BCUT2D eigenvalue weighted by Crippen LogP contribution is 2.32. The van der Waals surface area contributed by atoms with E-state index >= 15 is 0 Å². The van der Waals surface area contributed by atoms with Crippen molar-refractivity contribution in [2.45, 2.75) is 70.9 Å². The van der Waals surface area contributed by atoms with E-state index in [1.807, 2.05) is 0 Å². The molecule has 3 rings (SSSR count). The number of anilines is 1. The second-order valence-corrected chi connectivity index (χ2v) is 12.1. The van der Waals surface area contributed by atoms with Crippen molar-refractivity contribution in [2.75, 3.05) is 25.6 Å². The lowest BCUT2D eigenvalue weighted by Gasteiger charge is -2.36. The first-order chi connectivity index (χ1) is 22.7. The predicted molar refractivity (Wildman–Crippen MR) is 173 cm³/mol. The van der Waals surface area contributed by atoms with Gasteiger partial charge in [-0.2, -0.15) is 0 Å². The number of nitrogens with zero attached hydrogens (tertiary/aromatic N) is 1. The summed E-state index contributed by atoms with van der Waals surface area (Å²) in [6.07, 6.45) is 1.64. The lowest BCUT2D eigenvalue weighted by atomic mass is 9.87. The van der Waals surface area contributed by atoms with Gasteiger partial charge in [-0.15, -0.1) is 0 Å². The van der Waals surface area contributed by atoms with Gasteiger partial charge >= 0.3 is 17.9 Å². The Labute approximate surface area is 278 Å². The van der Waals surface area contributed by atoms with Crippen LogP contribution in [0.3, 0.4) is 0 Å². The molecule has 1 heterocycles. The number of rotatable bonds is 16. The molecular formula is C35H42N2O11. The summed E-state index contributed by atoms with van der Waals surface area (Å²) in [5.41, 5.74) is 0.322. The lowest BCUT2D eigenvalue weighted by Crippen LogP contribution is -2.53. The molecule has 13 nitrogen and oxygen atoms in total. The predicted octanol–water partition coefficient (Wildman–Crippen LogP) is 4.13. The number of aryl methyl sites for hydroxylation is 1. The Bertz CT molecular complexity index is 1530. The Morgan fingerprint density at radius 2 is 1.83 bits per heavy atom. The highest BCUT2D eigenvalue weighted by atomic mass is 16.5. The maximum Gasteiger partial charge on any atom is 0.330 e. The first kappa shape index (κ1) is 37.3. The quantitative estimate of drug-likeness (QED) is 0.133. The van der Waals surface area contributed by atoms with Crippen LogP contribution in [0.1, 0.15) is 69.6 Å². The average molecular weight is 667 g/mol. The highest BCUT2D eigenvalue weighted by Gasteiger charge is 2.42. The molecule has 0 unspecified atom stereocenters. The van der Waals surface area contributed by atoms with Gasteiger partial charge < -0.3 is 34.6 Å². The first-order valence-electron chi connectivity index (χ1n) is 15.6. The minimum atomic E-state index is -1.36. The number of aliphatic carboxylic acids is 1. The van der Waals surface area contributed by atoms with Crippen molar-refractivity contribution in [3.63, 3.8) is 0 Å². The number of carboxylic acids is 1. The van der Waals surface area contributed by atoms with Gasteiger partial charge in [-0.3, -0.25) is 19.2 Å². The zero-order valence-electron chi connectivity index (χ0n) is 27.4. The second-order valence-electron chi connectivity index (χ2n) is 12.1. The van der Waals surface area contributed by atoms with Gasteiger partial charge in [0.05, 0.1) is 18.9 Å². The second kappa shape index (κ2) is 17.1. The summed E-state index contributed by atoms with van der Waals surface area (Å²) in [6.45, 7) is 6.08. The van der Waals surface area contributed by atoms with Crippen LogP contribution in [-0.4, -0.2) is 76.9 Å². The Morgan fingerprint density at radius 3 is 2.52 bits per heavy atom. The minimum absolute atomic E-state index is 0.0331. The maximum absolute atomic E-state index is 13.8. The molecule has 2 atom stereocenters. The average Bonchev–Trinajstić information content (AvgIpc) is 3.07. The van der Waals surface area contributed by atoms with Crippen molar-refractivity contribution < 1.29 is 53.2 Å². The van der Waals surface area contributed by atoms with E-state index in [0.29, 0.717) is 30.5 Å². The van der Waals surface area contributed by atoms with E-state index < -0.39 is 53.1 Å². The third kappa shape index (κ3) is 10.4. The number of ether oxygens (including phenoxy) is 3. The van der Waals surface area contributed by atoms with Crippen LogP contribution in [0.2, 0.25) is 0 Å². The van der Waals surface area contributed by atoms with Gasteiger partial charge in [0.1, 0.15) is 18.8 Å². The molecule has 0 aliphatic carbocycles. The topological polar surface area (TPSA) is 186 Å². The van der Waals surface area contributed by atoms with Crippen molar-refractivity contribution in [1.82, 2.24) is 4.90 Å². The summed E-state index contributed by atoms with van der Waals surface area (Å²) in [4.78, 5) is 76.5. The zero-order valence-corrected chi connectivity index (χ0v) is 27.4. The number of nitrogens with one attached hydrogen (secondary N) is 1. The van der Waals surface area contributed by atoms with E-state index in [4.69, 9.17) is 19.3 Å². The van der Waals surface area contributed by atoms with Gasteiger partial charge in [-0.05, 0) is 81.3 Å². The number of benzene rings is 2. The van der Waals surface area contributed by atoms with Gasteiger partial charge in [-0.25, -0.2) is 9.59 Å². The van der Waals surface area contributed by atoms with Crippen LogP contribution in [0.5, 0.6) is 11.5 Å². The monoisotopic (exact) mass is 666 g/mol. The third-order valence-electron chi connectivity index (χ3n) is 7.89. The fourth-order valence-corrected chi connectivity index (χ4v) is 5.16. The number of hydrogen-bond acceptors (Lipinski definition) is 10. The molecule has 1 saturated heterocycles. The number of phenols is 1. The van der Waals surface area contributed by atoms with E-state index in [1.54, 1.807) is 36.4 Å². The van der Waals surface area contributed by atoms with Crippen LogP contribution in [0, 0.1) is 5.41 Å². The van der Waals surface area contributed by atoms with Crippen LogP contribution in [-0.2, 0) is 44.7 Å². The first-order valence-corrected chi connectivity index (χ1v) is 15.6. The Kier molecular flexibility index (Phi) is 13.3. The van der Waals surface area contributed by atoms with Crippen LogP contribution in [0.4, 0.5) is 5.69 Å². The summed E-state index contributed by atoms with van der Waals surface area (Å²) >= 11 is 0. The number of amides is 2. The number of piperidine rings is 1. The normalized spacial score (nSPS) is 15.1. The molecule has 1 aliphatic rings. The van der Waals surface area contributed by atoms with Crippen molar-refractivity contribution in [1.29, 1.82) is 0 Å². The van der Waals surface area contributed by atoms with Crippen molar-refractivity contribution in [3.8, 4) is 11.5 Å². The van der Waals surface area contributed by atoms with Crippen molar-refractivity contribution >= 4 is 41.2 Å².